The quantitative estimate of drug-likeness (QED) is 0.586. The predicted molar refractivity (Wildman–Crippen MR) is 71.9 cm³/mol. The van der Waals surface area contributed by atoms with Gasteiger partial charge in [-0.1, -0.05) is 13.8 Å². The van der Waals surface area contributed by atoms with E-state index < -0.39 is 0 Å². The number of hydrazine groups is 1. The SMILES string of the molecule is CC(C)CCN(c1ccnc(NN)c1)C1CC1. The van der Waals surface area contributed by atoms with Gasteiger partial charge < -0.3 is 10.3 Å². The van der Waals surface area contributed by atoms with Crippen molar-refractivity contribution in [3.05, 3.63) is 18.3 Å². The number of nitrogens with one attached hydrogen (secondary N) is 1. The van der Waals surface area contributed by atoms with Gasteiger partial charge in [-0.15, -0.1) is 0 Å². The van der Waals surface area contributed by atoms with Crippen molar-refractivity contribution in [3.8, 4) is 0 Å². The Hall–Kier alpha value is -1.29. The van der Waals surface area contributed by atoms with Crippen LogP contribution >= 0.6 is 0 Å². The van der Waals surface area contributed by atoms with Crippen molar-refractivity contribution in [3.63, 3.8) is 0 Å². The molecule has 17 heavy (non-hydrogen) atoms. The van der Waals surface area contributed by atoms with E-state index in [4.69, 9.17) is 5.84 Å². The van der Waals surface area contributed by atoms with Crippen LogP contribution in [0.1, 0.15) is 33.1 Å². The minimum absolute atomic E-state index is 0.724. The number of nitrogens with two attached hydrogens (primary N) is 1. The number of hydrogen-bond acceptors (Lipinski definition) is 4. The summed E-state index contributed by atoms with van der Waals surface area (Å²) in [5.74, 6) is 6.88. The molecule has 2 rings (SSSR count). The first-order valence-corrected chi connectivity index (χ1v) is 6.40. The Morgan fingerprint density at radius 2 is 2.29 bits per heavy atom. The summed E-state index contributed by atoms with van der Waals surface area (Å²) in [5, 5.41) is 0. The van der Waals surface area contributed by atoms with Gasteiger partial charge in [0, 0.05) is 30.5 Å². The maximum absolute atomic E-state index is 5.40. The zero-order valence-corrected chi connectivity index (χ0v) is 10.7. The second kappa shape index (κ2) is 5.36. The van der Waals surface area contributed by atoms with E-state index in [9.17, 15) is 0 Å². The average molecular weight is 234 g/mol. The Balaban J connectivity index is 2.08. The molecule has 0 spiro atoms. The molecule has 0 atom stereocenters. The van der Waals surface area contributed by atoms with Crippen molar-refractivity contribution in [2.75, 3.05) is 16.9 Å². The van der Waals surface area contributed by atoms with Gasteiger partial charge in [0.1, 0.15) is 5.82 Å². The third-order valence-electron chi connectivity index (χ3n) is 3.16. The molecule has 0 bridgehead atoms. The molecule has 0 aromatic carbocycles. The minimum Gasteiger partial charge on any atom is -0.368 e. The van der Waals surface area contributed by atoms with Gasteiger partial charge in [-0.3, -0.25) is 0 Å². The number of nitrogens with zero attached hydrogens (tertiary/aromatic N) is 2. The van der Waals surface area contributed by atoms with E-state index in [1.807, 2.05) is 12.3 Å². The van der Waals surface area contributed by atoms with Gasteiger partial charge in [0.25, 0.3) is 0 Å². The lowest BCUT2D eigenvalue weighted by atomic mass is 10.1. The van der Waals surface area contributed by atoms with Gasteiger partial charge in [0.15, 0.2) is 0 Å². The standard InChI is InChI=1S/C13H22N4/c1-10(2)6-8-17(11-3-4-11)12-5-7-15-13(9-12)16-14/h5,7,9-11H,3-4,6,8,14H2,1-2H3,(H,15,16). The molecule has 3 N–H and O–H groups in total. The van der Waals surface area contributed by atoms with Gasteiger partial charge in [0.2, 0.25) is 0 Å². The molecule has 4 nitrogen and oxygen atoms in total. The largest absolute Gasteiger partial charge is 0.368 e. The Morgan fingerprint density at radius 3 is 2.88 bits per heavy atom. The highest BCUT2D eigenvalue weighted by Gasteiger charge is 2.29. The molecule has 1 fully saturated rings. The first-order valence-electron chi connectivity index (χ1n) is 6.40. The second-order valence-electron chi connectivity index (χ2n) is 5.15. The monoisotopic (exact) mass is 234 g/mol. The summed E-state index contributed by atoms with van der Waals surface area (Å²) in [6.45, 7) is 5.66. The fraction of sp³-hybridized carbons (Fsp3) is 0.615. The third-order valence-corrected chi connectivity index (χ3v) is 3.16. The summed E-state index contributed by atoms with van der Waals surface area (Å²) < 4.78 is 0. The second-order valence-corrected chi connectivity index (χ2v) is 5.15. The summed E-state index contributed by atoms with van der Waals surface area (Å²) in [5.41, 5.74) is 3.84. The molecule has 0 amide bonds. The molecule has 1 aliphatic rings. The zero-order chi connectivity index (χ0) is 12.3. The summed E-state index contributed by atoms with van der Waals surface area (Å²) in [6.07, 6.45) is 5.66. The van der Waals surface area contributed by atoms with Crippen LogP contribution in [-0.2, 0) is 0 Å². The lowest BCUT2D eigenvalue weighted by Gasteiger charge is -2.25. The van der Waals surface area contributed by atoms with Crippen molar-refractivity contribution in [1.29, 1.82) is 0 Å². The van der Waals surface area contributed by atoms with E-state index in [0.717, 1.165) is 24.3 Å². The fourth-order valence-electron chi connectivity index (χ4n) is 1.98. The van der Waals surface area contributed by atoms with Crippen LogP contribution in [-0.4, -0.2) is 17.6 Å². The molecule has 0 saturated heterocycles. The Labute approximate surface area is 103 Å². The molecule has 0 radical (unpaired) electrons. The van der Waals surface area contributed by atoms with Gasteiger partial charge >= 0.3 is 0 Å². The van der Waals surface area contributed by atoms with Crippen molar-refractivity contribution >= 4 is 11.5 Å². The lowest BCUT2D eigenvalue weighted by Crippen LogP contribution is -2.28. The molecule has 1 aliphatic carbocycles. The highest BCUT2D eigenvalue weighted by atomic mass is 15.3. The van der Waals surface area contributed by atoms with E-state index in [-0.39, 0.29) is 0 Å². The van der Waals surface area contributed by atoms with Crippen LogP contribution in [0.3, 0.4) is 0 Å². The first kappa shape index (κ1) is 12.2. The first-order chi connectivity index (χ1) is 8.20. The summed E-state index contributed by atoms with van der Waals surface area (Å²) >= 11 is 0. The highest BCUT2D eigenvalue weighted by Crippen LogP contribution is 2.32. The van der Waals surface area contributed by atoms with Crippen molar-refractivity contribution < 1.29 is 0 Å². The number of hydrogen-bond donors (Lipinski definition) is 2. The molecular formula is C13H22N4. The van der Waals surface area contributed by atoms with E-state index >= 15 is 0 Å². The number of nitrogen functional groups attached to an aromatic ring is 1. The van der Waals surface area contributed by atoms with Gasteiger partial charge in [-0.05, 0) is 31.2 Å². The number of pyridine rings is 1. The van der Waals surface area contributed by atoms with Crippen LogP contribution in [0.25, 0.3) is 0 Å². The minimum atomic E-state index is 0.724. The number of rotatable bonds is 6. The van der Waals surface area contributed by atoms with Crippen LogP contribution in [0.5, 0.6) is 0 Å². The van der Waals surface area contributed by atoms with Crippen molar-refractivity contribution in [2.45, 2.75) is 39.2 Å². The molecular weight excluding hydrogens is 212 g/mol. The Bertz CT molecular complexity index is 360. The van der Waals surface area contributed by atoms with Gasteiger partial charge in [-0.25, -0.2) is 10.8 Å². The Morgan fingerprint density at radius 1 is 1.53 bits per heavy atom. The molecule has 0 unspecified atom stereocenters. The number of aromatic nitrogens is 1. The molecule has 1 aromatic heterocycles. The van der Waals surface area contributed by atoms with E-state index in [1.54, 1.807) is 0 Å². The topological polar surface area (TPSA) is 54.2 Å². The normalized spacial score (nSPS) is 15.1. The van der Waals surface area contributed by atoms with Crippen molar-refractivity contribution in [2.24, 2.45) is 11.8 Å². The molecule has 0 aliphatic heterocycles. The smallest absolute Gasteiger partial charge is 0.141 e. The van der Waals surface area contributed by atoms with Gasteiger partial charge in [0.05, 0.1) is 0 Å². The lowest BCUT2D eigenvalue weighted by molar-refractivity contribution is 0.570. The summed E-state index contributed by atoms with van der Waals surface area (Å²) in [4.78, 5) is 6.64. The Kier molecular flexibility index (Phi) is 3.84. The molecule has 1 aromatic rings. The number of anilines is 2. The highest BCUT2D eigenvalue weighted by molar-refractivity contribution is 5.54. The molecule has 4 heteroatoms. The molecule has 1 saturated carbocycles. The van der Waals surface area contributed by atoms with Crippen LogP contribution in [0.15, 0.2) is 18.3 Å². The molecule has 94 valence electrons. The van der Waals surface area contributed by atoms with E-state index in [2.05, 4.69) is 35.2 Å². The van der Waals surface area contributed by atoms with Crippen LogP contribution < -0.4 is 16.2 Å². The predicted octanol–water partition coefficient (Wildman–Crippen LogP) is 2.38. The summed E-state index contributed by atoms with van der Waals surface area (Å²) in [7, 11) is 0. The van der Waals surface area contributed by atoms with Crippen LogP contribution in [0.4, 0.5) is 11.5 Å². The van der Waals surface area contributed by atoms with Crippen LogP contribution in [0, 0.1) is 5.92 Å². The van der Waals surface area contributed by atoms with Gasteiger partial charge in [-0.2, -0.15) is 0 Å². The van der Waals surface area contributed by atoms with E-state index in [0.29, 0.717) is 0 Å². The fourth-order valence-corrected chi connectivity index (χ4v) is 1.98. The van der Waals surface area contributed by atoms with Crippen molar-refractivity contribution in [1.82, 2.24) is 4.98 Å². The van der Waals surface area contributed by atoms with Crippen LogP contribution in [0.2, 0.25) is 0 Å². The summed E-state index contributed by atoms with van der Waals surface area (Å²) in [6, 6.07) is 4.82. The molecule has 1 heterocycles. The van der Waals surface area contributed by atoms with E-state index in [1.165, 1.54) is 24.9 Å². The zero-order valence-electron chi connectivity index (χ0n) is 10.7. The average Bonchev–Trinajstić information content (AvgIpc) is 3.14. The maximum atomic E-state index is 5.40. The maximum Gasteiger partial charge on any atom is 0.141 e. The third kappa shape index (κ3) is 3.33.